The molecule has 5 nitrogen and oxygen atoms in total. The third-order valence-electron chi connectivity index (χ3n) is 4.17. The van der Waals surface area contributed by atoms with Crippen molar-refractivity contribution in [2.45, 2.75) is 27.2 Å². The fraction of sp³-hybridized carbons (Fsp3) is 0.316. The quantitative estimate of drug-likeness (QED) is 0.799. The molecule has 0 fully saturated rings. The maximum atomic E-state index is 12.8. The third-order valence-corrected chi connectivity index (χ3v) is 4.17. The van der Waals surface area contributed by atoms with Crippen LogP contribution in [0.25, 0.3) is 0 Å². The molecule has 1 aromatic heterocycles. The van der Waals surface area contributed by atoms with Crippen LogP contribution in [0.15, 0.2) is 28.7 Å². The lowest BCUT2D eigenvalue weighted by atomic mass is 9.86. The lowest BCUT2D eigenvalue weighted by Gasteiger charge is -2.14. The summed E-state index contributed by atoms with van der Waals surface area (Å²) in [6, 6.07) is 6.59. The number of carbonyl (C=O) groups excluding carboxylic acids is 3. The van der Waals surface area contributed by atoms with Crippen molar-refractivity contribution in [2.24, 2.45) is 5.92 Å². The maximum Gasteiger partial charge on any atom is 0.255 e. The molecule has 0 aliphatic heterocycles. The van der Waals surface area contributed by atoms with E-state index in [-0.39, 0.29) is 40.1 Å². The maximum absolute atomic E-state index is 12.8. The summed E-state index contributed by atoms with van der Waals surface area (Å²) in [6.45, 7) is 6.24. The van der Waals surface area contributed by atoms with Crippen LogP contribution in [0.1, 0.15) is 68.4 Å². The van der Waals surface area contributed by atoms with E-state index in [0.29, 0.717) is 23.6 Å². The number of aryl methyl sites for hydroxylation is 1. The summed E-state index contributed by atoms with van der Waals surface area (Å²) in [6.07, 6.45) is 0.834. The van der Waals surface area contributed by atoms with Crippen LogP contribution >= 0.6 is 0 Å². The van der Waals surface area contributed by atoms with Gasteiger partial charge in [-0.3, -0.25) is 14.4 Å². The number of benzene rings is 1. The molecule has 1 aliphatic rings. The van der Waals surface area contributed by atoms with Gasteiger partial charge in [-0.05, 0) is 19.3 Å². The average Bonchev–Trinajstić information content (AvgIpc) is 2.90. The molecule has 1 N–H and O–H groups in total. The highest BCUT2D eigenvalue weighted by Crippen LogP contribution is 2.33. The van der Waals surface area contributed by atoms with Crippen LogP contribution in [-0.4, -0.2) is 24.0 Å². The molecule has 1 amide bonds. The van der Waals surface area contributed by atoms with E-state index < -0.39 is 0 Å². The van der Waals surface area contributed by atoms with Crippen LogP contribution in [0.5, 0.6) is 0 Å². The largest absolute Gasteiger partial charge is 0.456 e. The molecule has 1 aromatic carbocycles. The average molecular weight is 325 g/mol. The number of hydrogen-bond donors (Lipinski definition) is 1. The second-order valence-electron chi connectivity index (χ2n) is 6.38. The number of rotatable bonds is 4. The molecule has 0 atom stereocenters. The Morgan fingerprint density at radius 1 is 1.12 bits per heavy atom. The molecule has 0 bridgehead atoms. The van der Waals surface area contributed by atoms with Gasteiger partial charge in [0.05, 0.1) is 11.1 Å². The summed E-state index contributed by atoms with van der Waals surface area (Å²) < 4.78 is 5.49. The Morgan fingerprint density at radius 2 is 1.75 bits per heavy atom. The van der Waals surface area contributed by atoms with E-state index >= 15 is 0 Å². The molecular formula is C19H19NO4. The Morgan fingerprint density at radius 3 is 2.38 bits per heavy atom. The molecule has 124 valence electrons. The molecule has 1 aliphatic carbocycles. The minimum absolute atomic E-state index is 0.0368. The number of ketones is 2. The van der Waals surface area contributed by atoms with E-state index in [0.717, 1.165) is 6.42 Å². The fourth-order valence-corrected chi connectivity index (χ4v) is 2.89. The molecule has 0 saturated heterocycles. The Hall–Kier alpha value is -2.69. The zero-order valence-corrected chi connectivity index (χ0v) is 13.9. The number of fused-ring (bicyclic) bond motifs is 2. The van der Waals surface area contributed by atoms with E-state index in [4.69, 9.17) is 4.42 Å². The van der Waals surface area contributed by atoms with E-state index in [1.807, 2.05) is 0 Å². The van der Waals surface area contributed by atoms with E-state index in [2.05, 4.69) is 19.2 Å². The first-order valence-electron chi connectivity index (χ1n) is 8.01. The molecule has 5 heteroatoms. The standard InChI is InChI=1S/C19H19NO4/c1-10(2)8-9-20-19(23)14-11(3)24-18-15(14)16(21)12-6-4-5-7-13(12)17(18)22/h4-7,10H,8-9H2,1-3H3,(H,20,23). The summed E-state index contributed by atoms with van der Waals surface area (Å²) in [5.74, 6) is -0.365. The number of hydrogen-bond acceptors (Lipinski definition) is 4. The summed E-state index contributed by atoms with van der Waals surface area (Å²) in [5, 5.41) is 2.80. The fourth-order valence-electron chi connectivity index (χ4n) is 2.89. The Balaban J connectivity index is 2.00. The Labute approximate surface area is 140 Å². The van der Waals surface area contributed by atoms with Crippen molar-refractivity contribution in [2.75, 3.05) is 6.54 Å². The van der Waals surface area contributed by atoms with Gasteiger partial charge in [0.2, 0.25) is 5.78 Å². The smallest absolute Gasteiger partial charge is 0.255 e. The van der Waals surface area contributed by atoms with Gasteiger partial charge in [-0.2, -0.15) is 0 Å². The second kappa shape index (κ2) is 6.07. The topological polar surface area (TPSA) is 76.4 Å². The van der Waals surface area contributed by atoms with Crippen molar-refractivity contribution >= 4 is 17.5 Å². The summed E-state index contributed by atoms with van der Waals surface area (Å²) in [4.78, 5) is 37.9. The molecule has 0 radical (unpaired) electrons. The van der Waals surface area contributed by atoms with Gasteiger partial charge in [0.25, 0.3) is 5.91 Å². The van der Waals surface area contributed by atoms with Crippen molar-refractivity contribution in [3.05, 3.63) is 58.0 Å². The first-order chi connectivity index (χ1) is 11.4. The molecule has 1 heterocycles. The number of nitrogens with one attached hydrogen (secondary N) is 1. The number of amides is 1. The molecule has 0 saturated carbocycles. The highest BCUT2D eigenvalue weighted by molar-refractivity contribution is 6.30. The van der Waals surface area contributed by atoms with Gasteiger partial charge in [0.1, 0.15) is 5.76 Å². The molecule has 24 heavy (non-hydrogen) atoms. The number of furan rings is 1. The second-order valence-corrected chi connectivity index (χ2v) is 6.38. The van der Waals surface area contributed by atoms with Gasteiger partial charge in [-0.15, -0.1) is 0 Å². The van der Waals surface area contributed by atoms with Crippen molar-refractivity contribution in [3.8, 4) is 0 Å². The van der Waals surface area contributed by atoms with E-state index in [1.165, 1.54) is 0 Å². The predicted molar refractivity (Wildman–Crippen MR) is 88.5 cm³/mol. The highest BCUT2D eigenvalue weighted by atomic mass is 16.4. The summed E-state index contributed by atoms with van der Waals surface area (Å²) in [7, 11) is 0. The zero-order chi connectivity index (χ0) is 17.4. The monoisotopic (exact) mass is 325 g/mol. The van der Waals surface area contributed by atoms with Crippen LogP contribution < -0.4 is 5.32 Å². The van der Waals surface area contributed by atoms with E-state index in [9.17, 15) is 14.4 Å². The number of carbonyl (C=O) groups is 3. The van der Waals surface area contributed by atoms with E-state index in [1.54, 1.807) is 31.2 Å². The lowest BCUT2D eigenvalue weighted by Crippen LogP contribution is -2.28. The first-order valence-corrected chi connectivity index (χ1v) is 8.01. The molecule has 0 unspecified atom stereocenters. The van der Waals surface area contributed by atoms with Gasteiger partial charge >= 0.3 is 0 Å². The minimum Gasteiger partial charge on any atom is -0.456 e. The van der Waals surface area contributed by atoms with Crippen LogP contribution in [0.2, 0.25) is 0 Å². The predicted octanol–water partition coefficient (Wildman–Crippen LogP) is 3.14. The minimum atomic E-state index is -0.376. The van der Waals surface area contributed by atoms with Gasteiger partial charge in [0, 0.05) is 17.7 Å². The molecule has 0 spiro atoms. The normalized spacial score (nSPS) is 13.0. The zero-order valence-electron chi connectivity index (χ0n) is 13.9. The van der Waals surface area contributed by atoms with Gasteiger partial charge in [0.15, 0.2) is 11.5 Å². The highest BCUT2D eigenvalue weighted by Gasteiger charge is 2.38. The van der Waals surface area contributed by atoms with Gasteiger partial charge < -0.3 is 9.73 Å². The SMILES string of the molecule is Cc1oc2c(c1C(=O)NCCC(C)C)C(=O)c1ccccc1C2=O. The van der Waals surface area contributed by atoms with Crippen LogP contribution in [0.4, 0.5) is 0 Å². The Bertz CT molecular complexity index is 845. The van der Waals surface area contributed by atoms with Gasteiger partial charge in [-0.1, -0.05) is 38.1 Å². The molecular weight excluding hydrogens is 306 g/mol. The van der Waals surface area contributed by atoms with Crippen molar-refractivity contribution in [1.82, 2.24) is 5.32 Å². The van der Waals surface area contributed by atoms with Crippen molar-refractivity contribution in [1.29, 1.82) is 0 Å². The third kappa shape index (κ3) is 2.56. The van der Waals surface area contributed by atoms with Crippen LogP contribution in [0, 0.1) is 12.8 Å². The molecule has 2 aromatic rings. The van der Waals surface area contributed by atoms with Crippen LogP contribution in [-0.2, 0) is 0 Å². The van der Waals surface area contributed by atoms with Crippen molar-refractivity contribution < 1.29 is 18.8 Å². The van der Waals surface area contributed by atoms with Crippen LogP contribution in [0.3, 0.4) is 0 Å². The summed E-state index contributed by atoms with van der Waals surface area (Å²) in [5.41, 5.74) is 0.877. The molecule has 3 rings (SSSR count). The summed E-state index contributed by atoms with van der Waals surface area (Å²) >= 11 is 0. The Kier molecular flexibility index (Phi) is 4.09. The lowest BCUT2D eigenvalue weighted by molar-refractivity contribution is 0.0937. The van der Waals surface area contributed by atoms with Gasteiger partial charge in [-0.25, -0.2) is 0 Å². The van der Waals surface area contributed by atoms with Crippen molar-refractivity contribution in [3.63, 3.8) is 0 Å². The first kappa shape index (κ1) is 16.2.